The van der Waals surface area contributed by atoms with Crippen molar-refractivity contribution in [2.24, 2.45) is 0 Å². The number of carbonyl (C=O) groups excluding carboxylic acids is 2. The standard InChI is InChI=1S/C18H26N2O7/c1-5-6-9-15(27-20(23)24)12-16(21)25-14-10-7-8-13(11-14)19-17(22)26-18(2,3)4/h7-8,10-11,15H,5-6,9,12H2,1-4H3,(H,19,22). The molecule has 150 valence electrons. The average Bonchev–Trinajstić information content (AvgIpc) is 2.50. The molecule has 9 nitrogen and oxygen atoms in total. The lowest BCUT2D eigenvalue weighted by molar-refractivity contribution is -0.768. The third-order valence-corrected chi connectivity index (χ3v) is 3.22. The van der Waals surface area contributed by atoms with Gasteiger partial charge in [-0.2, -0.15) is 0 Å². The molecule has 0 fully saturated rings. The van der Waals surface area contributed by atoms with E-state index in [1.807, 2.05) is 6.92 Å². The van der Waals surface area contributed by atoms with Gasteiger partial charge in [-0.25, -0.2) is 4.79 Å². The van der Waals surface area contributed by atoms with Crippen LogP contribution in [0.15, 0.2) is 24.3 Å². The van der Waals surface area contributed by atoms with E-state index in [2.05, 4.69) is 10.2 Å². The van der Waals surface area contributed by atoms with Crippen LogP contribution in [0.1, 0.15) is 53.4 Å². The molecule has 1 N–H and O–H groups in total. The van der Waals surface area contributed by atoms with Gasteiger partial charge in [0.25, 0.3) is 5.09 Å². The fraction of sp³-hybridized carbons (Fsp3) is 0.556. The molecule has 0 radical (unpaired) electrons. The van der Waals surface area contributed by atoms with E-state index in [1.165, 1.54) is 12.1 Å². The fourth-order valence-electron chi connectivity index (χ4n) is 2.16. The average molecular weight is 382 g/mol. The molecule has 1 amide bonds. The second kappa shape index (κ2) is 10.3. The number of ether oxygens (including phenoxy) is 2. The lowest BCUT2D eigenvalue weighted by Gasteiger charge is -2.19. The van der Waals surface area contributed by atoms with Gasteiger partial charge in [-0.15, -0.1) is 10.1 Å². The highest BCUT2D eigenvalue weighted by Gasteiger charge is 2.20. The van der Waals surface area contributed by atoms with E-state index in [1.54, 1.807) is 32.9 Å². The first-order valence-electron chi connectivity index (χ1n) is 8.71. The van der Waals surface area contributed by atoms with E-state index in [-0.39, 0.29) is 12.2 Å². The molecular formula is C18H26N2O7. The quantitative estimate of drug-likeness (QED) is 0.296. The number of nitrogens with one attached hydrogen (secondary N) is 1. The molecule has 1 rings (SSSR count). The first kappa shape index (κ1) is 22.2. The van der Waals surface area contributed by atoms with Gasteiger partial charge in [-0.3, -0.25) is 10.1 Å². The molecule has 0 saturated heterocycles. The molecule has 0 aromatic heterocycles. The lowest BCUT2D eigenvalue weighted by atomic mass is 10.1. The molecule has 0 saturated carbocycles. The Balaban J connectivity index is 2.65. The molecule has 0 aliphatic carbocycles. The Morgan fingerprint density at radius 2 is 2.00 bits per heavy atom. The minimum Gasteiger partial charge on any atom is -0.444 e. The topological polar surface area (TPSA) is 117 Å². The summed E-state index contributed by atoms with van der Waals surface area (Å²) in [5, 5.41) is 12.2. The van der Waals surface area contributed by atoms with E-state index in [0.717, 1.165) is 6.42 Å². The number of rotatable bonds is 9. The van der Waals surface area contributed by atoms with Crippen LogP contribution in [0.4, 0.5) is 10.5 Å². The van der Waals surface area contributed by atoms with Crippen molar-refractivity contribution in [3.63, 3.8) is 0 Å². The van der Waals surface area contributed by atoms with Gasteiger partial charge in [-0.05, 0) is 39.3 Å². The fourth-order valence-corrected chi connectivity index (χ4v) is 2.16. The van der Waals surface area contributed by atoms with Gasteiger partial charge >= 0.3 is 12.1 Å². The van der Waals surface area contributed by atoms with Crippen LogP contribution < -0.4 is 10.1 Å². The Kier molecular flexibility index (Phi) is 8.50. The summed E-state index contributed by atoms with van der Waals surface area (Å²) < 4.78 is 10.3. The van der Waals surface area contributed by atoms with Crippen molar-refractivity contribution in [3.05, 3.63) is 34.4 Å². The number of esters is 1. The van der Waals surface area contributed by atoms with E-state index in [0.29, 0.717) is 18.5 Å². The molecule has 1 unspecified atom stereocenters. The molecule has 0 aliphatic heterocycles. The summed E-state index contributed by atoms with van der Waals surface area (Å²) in [7, 11) is 0. The van der Waals surface area contributed by atoms with Crippen LogP contribution in [0, 0.1) is 10.1 Å². The largest absolute Gasteiger partial charge is 0.444 e. The van der Waals surface area contributed by atoms with Gasteiger partial charge in [0, 0.05) is 11.8 Å². The highest BCUT2D eigenvalue weighted by atomic mass is 17.0. The summed E-state index contributed by atoms with van der Waals surface area (Å²) in [6, 6.07) is 6.20. The Morgan fingerprint density at radius 3 is 2.59 bits per heavy atom. The highest BCUT2D eigenvalue weighted by Crippen LogP contribution is 2.20. The zero-order chi connectivity index (χ0) is 20.4. The normalized spacial score (nSPS) is 12.0. The van der Waals surface area contributed by atoms with Crippen LogP contribution in [0.3, 0.4) is 0 Å². The van der Waals surface area contributed by atoms with Crippen molar-refractivity contribution < 1.29 is 29.0 Å². The summed E-state index contributed by atoms with van der Waals surface area (Å²) in [4.78, 5) is 38.9. The van der Waals surface area contributed by atoms with Crippen LogP contribution >= 0.6 is 0 Å². The van der Waals surface area contributed by atoms with Crippen molar-refractivity contribution >= 4 is 17.7 Å². The number of anilines is 1. The molecule has 1 aromatic rings. The number of hydrogen-bond acceptors (Lipinski definition) is 7. The predicted molar refractivity (Wildman–Crippen MR) is 97.9 cm³/mol. The Bertz CT molecular complexity index is 655. The summed E-state index contributed by atoms with van der Waals surface area (Å²) >= 11 is 0. The number of hydrogen-bond donors (Lipinski definition) is 1. The van der Waals surface area contributed by atoms with Gasteiger partial charge in [0.1, 0.15) is 17.5 Å². The van der Waals surface area contributed by atoms with Gasteiger partial charge in [0.05, 0.1) is 6.42 Å². The van der Waals surface area contributed by atoms with Crippen molar-refractivity contribution in [2.45, 2.75) is 65.1 Å². The minimum absolute atomic E-state index is 0.198. The van der Waals surface area contributed by atoms with Crippen LogP contribution in [0.2, 0.25) is 0 Å². The van der Waals surface area contributed by atoms with Gasteiger partial charge < -0.3 is 14.3 Å². The van der Waals surface area contributed by atoms with Crippen LogP contribution in [0.5, 0.6) is 5.75 Å². The van der Waals surface area contributed by atoms with Gasteiger partial charge in [0.15, 0.2) is 0 Å². The van der Waals surface area contributed by atoms with Crippen LogP contribution in [-0.4, -0.2) is 28.9 Å². The summed E-state index contributed by atoms with van der Waals surface area (Å²) in [5.74, 6) is -0.462. The maximum atomic E-state index is 12.1. The second-order valence-corrected chi connectivity index (χ2v) is 6.93. The molecule has 0 bridgehead atoms. The Labute approximate surface area is 158 Å². The first-order chi connectivity index (χ1) is 12.6. The maximum absolute atomic E-state index is 12.1. The van der Waals surface area contributed by atoms with Gasteiger partial charge in [0.2, 0.25) is 0 Å². The molecular weight excluding hydrogens is 356 g/mol. The first-order valence-corrected chi connectivity index (χ1v) is 8.71. The lowest BCUT2D eigenvalue weighted by Crippen LogP contribution is -2.27. The Morgan fingerprint density at radius 1 is 1.30 bits per heavy atom. The molecule has 1 aromatic carbocycles. The van der Waals surface area contributed by atoms with Crippen molar-refractivity contribution in [1.82, 2.24) is 0 Å². The monoisotopic (exact) mass is 382 g/mol. The SMILES string of the molecule is CCCCC(CC(=O)Oc1cccc(NC(=O)OC(C)(C)C)c1)O[N+](=O)[O-]. The van der Waals surface area contributed by atoms with Crippen molar-refractivity contribution in [1.29, 1.82) is 0 Å². The van der Waals surface area contributed by atoms with Crippen molar-refractivity contribution in [2.75, 3.05) is 5.32 Å². The maximum Gasteiger partial charge on any atom is 0.412 e. The van der Waals surface area contributed by atoms with E-state index in [9.17, 15) is 19.7 Å². The van der Waals surface area contributed by atoms with Crippen molar-refractivity contribution in [3.8, 4) is 5.75 Å². The number of benzene rings is 1. The molecule has 0 spiro atoms. The molecule has 9 heteroatoms. The molecule has 0 aliphatic rings. The van der Waals surface area contributed by atoms with Crippen LogP contribution in [0.25, 0.3) is 0 Å². The summed E-state index contributed by atoms with van der Waals surface area (Å²) in [5.41, 5.74) is -0.253. The Hall–Kier alpha value is -2.84. The number of amides is 1. The van der Waals surface area contributed by atoms with E-state index < -0.39 is 28.9 Å². The zero-order valence-electron chi connectivity index (χ0n) is 16.0. The number of nitrogens with zero attached hydrogens (tertiary/aromatic N) is 1. The van der Waals surface area contributed by atoms with Crippen LogP contribution in [-0.2, 0) is 14.4 Å². The smallest absolute Gasteiger partial charge is 0.412 e. The molecule has 1 atom stereocenters. The number of unbranched alkanes of at least 4 members (excludes halogenated alkanes) is 1. The van der Waals surface area contributed by atoms with Gasteiger partial charge in [-0.1, -0.05) is 25.8 Å². The summed E-state index contributed by atoms with van der Waals surface area (Å²) in [6.45, 7) is 7.16. The zero-order valence-corrected chi connectivity index (χ0v) is 16.0. The number of carbonyl (C=O) groups is 2. The summed E-state index contributed by atoms with van der Waals surface area (Å²) in [6.07, 6.45) is 0.171. The molecule has 0 heterocycles. The molecule has 27 heavy (non-hydrogen) atoms. The van der Waals surface area contributed by atoms with E-state index in [4.69, 9.17) is 9.47 Å². The van der Waals surface area contributed by atoms with E-state index >= 15 is 0 Å². The third-order valence-electron chi connectivity index (χ3n) is 3.22. The predicted octanol–water partition coefficient (Wildman–Crippen LogP) is 4.10. The minimum atomic E-state index is -0.904. The second-order valence-electron chi connectivity index (χ2n) is 6.93. The third kappa shape index (κ3) is 10.0. The highest BCUT2D eigenvalue weighted by molar-refractivity contribution is 5.85.